The summed E-state index contributed by atoms with van der Waals surface area (Å²) in [6, 6.07) is 4.53. The average molecular weight is 235 g/mol. The Kier molecular flexibility index (Phi) is 3.19. The molecule has 0 saturated heterocycles. The maximum atomic E-state index is 13.4. The summed E-state index contributed by atoms with van der Waals surface area (Å²) in [7, 11) is 0. The molecule has 2 rings (SSSR count). The lowest BCUT2D eigenvalue weighted by Gasteiger charge is -2.01. The lowest BCUT2D eigenvalue weighted by atomic mass is 10.1. The number of nitrogens with zero attached hydrogens (tertiary/aromatic N) is 2. The van der Waals surface area contributed by atoms with Crippen molar-refractivity contribution in [2.45, 2.75) is 26.3 Å². The van der Waals surface area contributed by atoms with Gasteiger partial charge in [-0.1, -0.05) is 13.0 Å². The maximum absolute atomic E-state index is 13.4. The van der Waals surface area contributed by atoms with Crippen LogP contribution in [0.15, 0.2) is 22.6 Å². The highest BCUT2D eigenvalue weighted by molar-refractivity contribution is 5.53. The molecule has 1 unspecified atom stereocenters. The number of hydrogen-bond acceptors (Lipinski definition) is 4. The third kappa shape index (κ3) is 2.34. The fourth-order valence-corrected chi connectivity index (χ4v) is 1.40. The third-order valence-electron chi connectivity index (χ3n) is 2.62. The maximum Gasteiger partial charge on any atom is 0.247 e. The minimum absolute atomic E-state index is 0.272. The van der Waals surface area contributed by atoms with Gasteiger partial charge in [0.15, 0.2) is 0 Å². The second kappa shape index (κ2) is 4.63. The van der Waals surface area contributed by atoms with Gasteiger partial charge in [0.2, 0.25) is 11.8 Å². The van der Waals surface area contributed by atoms with Crippen molar-refractivity contribution >= 4 is 0 Å². The van der Waals surface area contributed by atoms with Crippen LogP contribution in [0.5, 0.6) is 0 Å². The molecule has 1 heterocycles. The highest BCUT2D eigenvalue weighted by Gasteiger charge is 2.14. The lowest BCUT2D eigenvalue weighted by Crippen LogP contribution is -2.08. The Labute approximate surface area is 98.7 Å². The van der Waals surface area contributed by atoms with Crippen LogP contribution in [0, 0.1) is 12.7 Å². The van der Waals surface area contributed by atoms with Gasteiger partial charge < -0.3 is 10.2 Å². The van der Waals surface area contributed by atoms with Crippen LogP contribution in [-0.2, 0) is 0 Å². The van der Waals surface area contributed by atoms with Crippen molar-refractivity contribution in [2.24, 2.45) is 5.73 Å². The molecule has 5 heteroatoms. The molecule has 0 amide bonds. The lowest BCUT2D eigenvalue weighted by molar-refractivity contribution is 0.452. The van der Waals surface area contributed by atoms with E-state index in [9.17, 15) is 4.39 Å². The molecular weight excluding hydrogens is 221 g/mol. The van der Waals surface area contributed by atoms with Crippen LogP contribution in [0.25, 0.3) is 11.5 Å². The van der Waals surface area contributed by atoms with E-state index >= 15 is 0 Å². The van der Waals surface area contributed by atoms with Crippen molar-refractivity contribution in [1.82, 2.24) is 10.2 Å². The van der Waals surface area contributed by atoms with Crippen LogP contribution in [0.3, 0.4) is 0 Å². The second-order valence-electron chi connectivity index (χ2n) is 3.92. The van der Waals surface area contributed by atoms with E-state index in [1.165, 1.54) is 6.07 Å². The zero-order chi connectivity index (χ0) is 12.4. The number of rotatable bonds is 3. The summed E-state index contributed by atoms with van der Waals surface area (Å²) in [5.41, 5.74) is 6.92. The van der Waals surface area contributed by atoms with Gasteiger partial charge in [-0.15, -0.1) is 10.2 Å². The molecule has 2 N–H and O–H groups in total. The van der Waals surface area contributed by atoms with E-state index in [4.69, 9.17) is 10.2 Å². The number of hydrogen-bond donors (Lipinski definition) is 1. The van der Waals surface area contributed by atoms with Crippen molar-refractivity contribution in [1.29, 1.82) is 0 Å². The molecule has 2 aromatic rings. The first-order valence-corrected chi connectivity index (χ1v) is 5.47. The fourth-order valence-electron chi connectivity index (χ4n) is 1.40. The fraction of sp³-hybridized carbons (Fsp3) is 0.333. The Hall–Kier alpha value is -1.75. The molecule has 0 bridgehead atoms. The van der Waals surface area contributed by atoms with E-state index < -0.39 is 0 Å². The molecule has 4 nitrogen and oxygen atoms in total. The number of halogens is 1. The summed E-state index contributed by atoms with van der Waals surface area (Å²) in [5, 5.41) is 7.71. The van der Waals surface area contributed by atoms with E-state index in [0.29, 0.717) is 29.3 Å². The molecule has 0 saturated carbocycles. The van der Waals surface area contributed by atoms with Crippen LogP contribution < -0.4 is 5.73 Å². The van der Waals surface area contributed by atoms with E-state index in [0.717, 1.165) is 0 Å². The topological polar surface area (TPSA) is 64.9 Å². The average Bonchev–Trinajstić information content (AvgIpc) is 2.81. The summed E-state index contributed by atoms with van der Waals surface area (Å²) in [5.74, 6) is 0.383. The second-order valence-corrected chi connectivity index (χ2v) is 3.92. The summed E-state index contributed by atoms with van der Waals surface area (Å²) in [6.07, 6.45) is 0.712. The largest absolute Gasteiger partial charge is 0.419 e. The predicted molar refractivity (Wildman–Crippen MR) is 61.6 cm³/mol. The molecule has 0 fully saturated rings. The molecule has 0 aliphatic heterocycles. The van der Waals surface area contributed by atoms with Crippen LogP contribution in [0.1, 0.15) is 30.8 Å². The van der Waals surface area contributed by atoms with Crippen molar-refractivity contribution in [3.63, 3.8) is 0 Å². The number of nitrogens with two attached hydrogens (primary N) is 1. The van der Waals surface area contributed by atoms with Crippen LogP contribution in [0.4, 0.5) is 4.39 Å². The quantitative estimate of drug-likeness (QED) is 0.888. The summed E-state index contributed by atoms with van der Waals surface area (Å²) in [4.78, 5) is 0. The summed E-state index contributed by atoms with van der Waals surface area (Å²) in [6.45, 7) is 3.63. The Balaban J connectivity index is 2.33. The van der Waals surface area contributed by atoms with Crippen molar-refractivity contribution in [3.05, 3.63) is 35.5 Å². The Bertz CT molecular complexity index is 524. The molecule has 17 heavy (non-hydrogen) atoms. The highest BCUT2D eigenvalue weighted by Crippen LogP contribution is 2.22. The van der Waals surface area contributed by atoms with Gasteiger partial charge in [0.25, 0.3) is 0 Å². The first-order valence-electron chi connectivity index (χ1n) is 5.47. The first-order chi connectivity index (χ1) is 8.11. The van der Waals surface area contributed by atoms with Crippen molar-refractivity contribution < 1.29 is 8.81 Å². The SMILES string of the molecule is CCC(N)c1nnc(-c2ccc(C)c(F)c2)o1. The minimum Gasteiger partial charge on any atom is -0.419 e. The van der Waals surface area contributed by atoms with Gasteiger partial charge in [-0.3, -0.25) is 0 Å². The van der Waals surface area contributed by atoms with Crippen LogP contribution in [-0.4, -0.2) is 10.2 Å². The van der Waals surface area contributed by atoms with E-state index in [-0.39, 0.29) is 11.9 Å². The normalized spacial score (nSPS) is 12.7. The number of benzene rings is 1. The Morgan fingerprint density at radius 3 is 2.82 bits per heavy atom. The zero-order valence-electron chi connectivity index (χ0n) is 9.77. The van der Waals surface area contributed by atoms with Crippen molar-refractivity contribution in [3.8, 4) is 11.5 Å². The van der Waals surface area contributed by atoms with Gasteiger partial charge in [0, 0.05) is 5.56 Å². The van der Waals surface area contributed by atoms with Gasteiger partial charge in [-0.05, 0) is 31.0 Å². The van der Waals surface area contributed by atoms with E-state index in [1.807, 2.05) is 6.92 Å². The molecule has 1 aromatic heterocycles. The molecule has 90 valence electrons. The smallest absolute Gasteiger partial charge is 0.247 e. The molecule has 0 radical (unpaired) electrons. The molecule has 0 aliphatic carbocycles. The first kappa shape index (κ1) is 11.7. The monoisotopic (exact) mass is 235 g/mol. The van der Waals surface area contributed by atoms with Crippen molar-refractivity contribution in [2.75, 3.05) is 0 Å². The van der Waals surface area contributed by atoms with Gasteiger partial charge in [0.1, 0.15) is 5.82 Å². The van der Waals surface area contributed by atoms with E-state index in [1.54, 1.807) is 19.1 Å². The predicted octanol–water partition coefficient (Wildman–Crippen LogP) is 2.59. The summed E-state index contributed by atoms with van der Waals surface area (Å²) >= 11 is 0. The molecule has 0 aliphatic rings. The Morgan fingerprint density at radius 1 is 1.41 bits per heavy atom. The zero-order valence-corrected chi connectivity index (χ0v) is 9.77. The van der Waals surface area contributed by atoms with Gasteiger partial charge in [0.05, 0.1) is 6.04 Å². The standard InChI is InChI=1S/C12H14FN3O/c1-3-10(14)12-16-15-11(17-12)8-5-4-7(2)9(13)6-8/h4-6,10H,3,14H2,1-2H3. The number of aromatic nitrogens is 2. The van der Waals surface area contributed by atoms with Gasteiger partial charge >= 0.3 is 0 Å². The highest BCUT2D eigenvalue weighted by atomic mass is 19.1. The summed E-state index contributed by atoms with van der Waals surface area (Å²) < 4.78 is 18.8. The minimum atomic E-state index is -0.290. The van der Waals surface area contributed by atoms with Crippen LogP contribution in [0.2, 0.25) is 0 Å². The third-order valence-corrected chi connectivity index (χ3v) is 2.62. The van der Waals surface area contributed by atoms with Gasteiger partial charge in [-0.2, -0.15) is 0 Å². The molecule has 0 spiro atoms. The van der Waals surface area contributed by atoms with E-state index in [2.05, 4.69) is 10.2 Å². The number of aryl methyl sites for hydroxylation is 1. The van der Waals surface area contributed by atoms with Crippen LogP contribution >= 0.6 is 0 Å². The molecular formula is C12H14FN3O. The Morgan fingerprint density at radius 2 is 2.18 bits per heavy atom. The molecule has 1 aromatic carbocycles. The molecule has 1 atom stereocenters. The van der Waals surface area contributed by atoms with Gasteiger partial charge in [-0.25, -0.2) is 4.39 Å².